The Kier molecular flexibility index (Phi) is 4.02. The molecule has 2 aromatic rings. The molecular formula is C18H19N3O. The first kappa shape index (κ1) is 14.5. The second-order valence-electron chi connectivity index (χ2n) is 5.30. The lowest BCUT2D eigenvalue weighted by Gasteiger charge is -2.23. The minimum Gasteiger partial charge on any atom is -0.309 e. The third kappa shape index (κ3) is 2.53. The molecule has 0 saturated heterocycles. The summed E-state index contributed by atoms with van der Waals surface area (Å²) in [6.07, 6.45) is 0.00199. The molecule has 1 atom stereocenters. The number of anilines is 1. The topological polar surface area (TPSA) is 58.7 Å². The monoisotopic (exact) mass is 293 g/mol. The smallest absolute Gasteiger partial charge is 0.266 e. The third-order valence-electron chi connectivity index (χ3n) is 3.73. The number of nitrogens with two attached hydrogens (primary N) is 1. The average molecular weight is 293 g/mol. The van der Waals surface area contributed by atoms with E-state index >= 15 is 0 Å². The number of hydrogen-bond acceptors (Lipinski definition) is 3. The van der Waals surface area contributed by atoms with E-state index in [1.54, 1.807) is 4.90 Å². The van der Waals surface area contributed by atoms with Crippen LogP contribution in [0.25, 0.3) is 0 Å². The molecule has 2 aromatic carbocycles. The van der Waals surface area contributed by atoms with E-state index in [0.29, 0.717) is 6.54 Å². The second kappa shape index (κ2) is 6.12. The minimum atomic E-state index is -0.867. The SMILES string of the molecule is CCCN1C(=O)C(N)N=C(c2ccccc2)c2ccccc21. The number of carbonyl (C=O) groups is 1. The van der Waals surface area contributed by atoms with Crippen LogP contribution in [0.5, 0.6) is 0 Å². The van der Waals surface area contributed by atoms with Crippen LogP contribution in [-0.2, 0) is 4.79 Å². The standard InChI is InChI=1S/C18H19N3O/c1-2-12-21-15-11-7-6-10-14(15)16(20-17(19)18(21)22)13-8-4-3-5-9-13/h3-11,17H,2,12,19H2,1H3. The van der Waals surface area contributed by atoms with E-state index in [-0.39, 0.29) is 5.91 Å². The summed E-state index contributed by atoms with van der Waals surface area (Å²) in [6.45, 7) is 2.69. The van der Waals surface area contributed by atoms with Crippen LogP contribution in [0, 0.1) is 0 Å². The van der Waals surface area contributed by atoms with Crippen LogP contribution in [0.2, 0.25) is 0 Å². The van der Waals surface area contributed by atoms with Crippen molar-refractivity contribution in [1.29, 1.82) is 0 Å². The number of benzene rings is 2. The minimum absolute atomic E-state index is 0.153. The van der Waals surface area contributed by atoms with E-state index < -0.39 is 6.17 Å². The van der Waals surface area contributed by atoms with Crippen molar-refractivity contribution >= 4 is 17.3 Å². The zero-order valence-corrected chi connectivity index (χ0v) is 12.6. The highest BCUT2D eigenvalue weighted by Crippen LogP contribution is 2.27. The molecule has 0 radical (unpaired) electrons. The molecule has 112 valence electrons. The van der Waals surface area contributed by atoms with Crippen LogP contribution in [0.4, 0.5) is 5.69 Å². The number of amides is 1. The maximum absolute atomic E-state index is 12.6. The lowest BCUT2D eigenvalue weighted by atomic mass is 10.0. The Morgan fingerprint density at radius 1 is 1.09 bits per heavy atom. The number of rotatable bonds is 3. The van der Waals surface area contributed by atoms with E-state index in [9.17, 15) is 4.79 Å². The lowest BCUT2D eigenvalue weighted by molar-refractivity contribution is -0.119. The van der Waals surface area contributed by atoms with Gasteiger partial charge in [0.05, 0.1) is 11.4 Å². The Hall–Kier alpha value is -2.46. The highest BCUT2D eigenvalue weighted by atomic mass is 16.2. The van der Waals surface area contributed by atoms with Gasteiger partial charge >= 0.3 is 0 Å². The summed E-state index contributed by atoms with van der Waals surface area (Å²) in [4.78, 5) is 18.8. The number of fused-ring (bicyclic) bond motifs is 1. The number of aliphatic imine (C=N–C) groups is 1. The lowest BCUT2D eigenvalue weighted by Crippen LogP contribution is -2.42. The zero-order chi connectivity index (χ0) is 15.5. The average Bonchev–Trinajstić information content (AvgIpc) is 2.67. The number of hydrogen-bond donors (Lipinski definition) is 1. The number of nitrogens with zero attached hydrogens (tertiary/aromatic N) is 2. The first-order chi connectivity index (χ1) is 10.7. The van der Waals surface area contributed by atoms with Crippen molar-refractivity contribution in [1.82, 2.24) is 0 Å². The van der Waals surface area contributed by atoms with Crippen molar-refractivity contribution in [2.75, 3.05) is 11.4 Å². The van der Waals surface area contributed by atoms with Gasteiger partial charge in [-0.1, -0.05) is 55.5 Å². The van der Waals surface area contributed by atoms with Crippen LogP contribution in [0.3, 0.4) is 0 Å². The first-order valence-corrected chi connectivity index (χ1v) is 7.52. The normalized spacial score (nSPS) is 17.7. The number of carbonyl (C=O) groups excluding carboxylic acids is 1. The molecule has 3 rings (SSSR count). The maximum atomic E-state index is 12.6. The number of benzodiazepines with no additional fused rings is 1. The van der Waals surface area contributed by atoms with Gasteiger partial charge in [-0.25, -0.2) is 0 Å². The fourth-order valence-electron chi connectivity index (χ4n) is 2.73. The van der Waals surface area contributed by atoms with Crippen LogP contribution in [0.15, 0.2) is 59.6 Å². The molecule has 4 nitrogen and oxygen atoms in total. The molecule has 0 spiro atoms. The molecule has 0 saturated carbocycles. The fraction of sp³-hybridized carbons (Fsp3) is 0.222. The Morgan fingerprint density at radius 2 is 1.77 bits per heavy atom. The van der Waals surface area contributed by atoms with E-state index in [1.165, 1.54) is 0 Å². The molecule has 0 aliphatic carbocycles. The van der Waals surface area contributed by atoms with Gasteiger partial charge in [-0.2, -0.15) is 0 Å². The highest BCUT2D eigenvalue weighted by molar-refractivity contribution is 6.20. The summed E-state index contributed by atoms with van der Waals surface area (Å²) in [5, 5.41) is 0. The molecule has 1 heterocycles. The van der Waals surface area contributed by atoms with Gasteiger partial charge in [0.25, 0.3) is 5.91 Å². The first-order valence-electron chi connectivity index (χ1n) is 7.52. The van der Waals surface area contributed by atoms with Gasteiger partial charge < -0.3 is 10.6 Å². The van der Waals surface area contributed by atoms with Gasteiger partial charge in [0, 0.05) is 17.7 Å². The van der Waals surface area contributed by atoms with Gasteiger partial charge in [-0.15, -0.1) is 0 Å². The van der Waals surface area contributed by atoms with Crippen LogP contribution < -0.4 is 10.6 Å². The van der Waals surface area contributed by atoms with Crippen molar-refractivity contribution in [2.24, 2.45) is 10.7 Å². The van der Waals surface area contributed by atoms with Crippen molar-refractivity contribution in [3.63, 3.8) is 0 Å². The van der Waals surface area contributed by atoms with Gasteiger partial charge in [-0.3, -0.25) is 9.79 Å². The Bertz CT molecular complexity index is 709. The quantitative estimate of drug-likeness (QED) is 0.945. The summed E-state index contributed by atoms with van der Waals surface area (Å²) in [5.41, 5.74) is 9.60. The van der Waals surface area contributed by atoms with Crippen LogP contribution >= 0.6 is 0 Å². The predicted molar refractivity (Wildman–Crippen MR) is 89.1 cm³/mol. The number of para-hydroxylation sites is 1. The van der Waals surface area contributed by atoms with Gasteiger partial charge in [0.15, 0.2) is 6.17 Å². The largest absolute Gasteiger partial charge is 0.309 e. The molecule has 1 unspecified atom stereocenters. The molecule has 1 aliphatic rings. The van der Waals surface area contributed by atoms with Crippen molar-refractivity contribution in [3.05, 3.63) is 65.7 Å². The molecule has 0 aromatic heterocycles. The fourth-order valence-corrected chi connectivity index (χ4v) is 2.73. The van der Waals surface area contributed by atoms with E-state index in [0.717, 1.165) is 28.9 Å². The summed E-state index contributed by atoms with van der Waals surface area (Å²) in [7, 11) is 0. The highest BCUT2D eigenvalue weighted by Gasteiger charge is 2.29. The van der Waals surface area contributed by atoms with Crippen molar-refractivity contribution in [2.45, 2.75) is 19.5 Å². The maximum Gasteiger partial charge on any atom is 0.266 e. The van der Waals surface area contributed by atoms with E-state index in [1.807, 2.05) is 61.5 Å². The molecule has 4 heteroatoms. The molecule has 1 amide bonds. The summed E-state index contributed by atoms with van der Waals surface area (Å²) >= 11 is 0. The Morgan fingerprint density at radius 3 is 2.50 bits per heavy atom. The summed E-state index contributed by atoms with van der Waals surface area (Å²) in [6, 6.07) is 17.7. The van der Waals surface area contributed by atoms with Crippen LogP contribution in [-0.4, -0.2) is 24.3 Å². The van der Waals surface area contributed by atoms with Crippen molar-refractivity contribution in [3.8, 4) is 0 Å². The summed E-state index contributed by atoms with van der Waals surface area (Å²) in [5.74, 6) is -0.153. The van der Waals surface area contributed by atoms with E-state index in [2.05, 4.69) is 4.99 Å². The third-order valence-corrected chi connectivity index (χ3v) is 3.73. The zero-order valence-electron chi connectivity index (χ0n) is 12.6. The van der Waals surface area contributed by atoms with Gasteiger partial charge in [0.1, 0.15) is 0 Å². The molecule has 1 aliphatic heterocycles. The predicted octanol–water partition coefficient (Wildman–Crippen LogP) is 2.57. The van der Waals surface area contributed by atoms with Crippen LogP contribution in [0.1, 0.15) is 24.5 Å². The van der Waals surface area contributed by atoms with Gasteiger partial charge in [-0.05, 0) is 12.5 Å². The summed E-state index contributed by atoms with van der Waals surface area (Å²) < 4.78 is 0. The Labute approximate surface area is 130 Å². The van der Waals surface area contributed by atoms with Gasteiger partial charge in [0.2, 0.25) is 0 Å². The molecular weight excluding hydrogens is 274 g/mol. The Balaban J connectivity index is 2.20. The molecule has 0 fully saturated rings. The molecule has 2 N–H and O–H groups in total. The molecule has 22 heavy (non-hydrogen) atoms. The molecule has 0 bridgehead atoms. The van der Waals surface area contributed by atoms with Crippen molar-refractivity contribution < 1.29 is 4.79 Å². The van der Waals surface area contributed by atoms with E-state index in [4.69, 9.17) is 5.73 Å². The second-order valence-corrected chi connectivity index (χ2v) is 5.30.